The van der Waals surface area contributed by atoms with Crippen LogP contribution in [0, 0.1) is 6.92 Å². The van der Waals surface area contributed by atoms with Gasteiger partial charge < -0.3 is 21.3 Å². The first kappa shape index (κ1) is 16.4. The summed E-state index contributed by atoms with van der Waals surface area (Å²) < 4.78 is 5.15. The number of aryl methyl sites for hydroxylation is 2. The van der Waals surface area contributed by atoms with E-state index in [4.69, 9.17) is 16.0 Å². The largest absolute Gasteiger partial charge is 0.383 e. The average Bonchev–Trinajstić information content (AvgIpc) is 3.03. The summed E-state index contributed by atoms with van der Waals surface area (Å²) in [5.74, 6) is 0.918. The van der Waals surface area contributed by atoms with Gasteiger partial charge in [-0.25, -0.2) is 4.98 Å². The van der Waals surface area contributed by atoms with Gasteiger partial charge in [-0.3, -0.25) is 4.79 Å². The van der Waals surface area contributed by atoms with Crippen LogP contribution in [0.4, 0.5) is 17.5 Å². The highest BCUT2D eigenvalue weighted by molar-refractivity contribution is 5.94. The number of nitrogens with one attached hydrogen (secondary N) is 1. The van der Waals surface area contributed by atoms with Crippen LogP contribution in [-0.2, 0) is 6.42 Å². The summed E-state index contributed by atoms with van der Waals surface area (Å²) in [6.45, 7) is 3.72. The van der Waals surface area contributed by atoms with Crippen LogP contribution in [0.15, 0.2) is 28.9 Å². The summed E-state index contributed by atoms with van der Waals surface area (Å²) in [6.07, 6.45) is 2.17. The molecule has 3 aromatic rings. The molecule has 0 spiro atoms. The molecule has 0 unspecified atom stereocenters. The monoisotopic (exact) mass is 339 g/mol. The second kappa shape index (κ2) is 6.56. The van der Waals surface area contributed by atoms with E-state index in [9.17, 15) is 4.79 Å². The van der Waals surface area contributed by atoms with Gasteiger partial charge >= 0.3 is 0 Å². The molecule has 0 aliphatic carbocycles. The number of aromatic nitrogens is 4. The van der Waals surface area contributed by atoms with Crippen molar-refractivity contribution in [2.45, 2.75) is 20.3 Å². The Morgan fingerprint density at radius 2 is 2.12 bits per heavy atom. The van der Waals surface area contributed by atoms with E-state index in [1.54, 1.807) is 25.1 Å². The minimum atomic E-state index is -0.472. The zero-order valence-electron chi connectivity index (χ0n) is 13.8. The second-order valence-corrected chi connectivity index (χ2v) is 5.38. The van der Waals surface area contributed by atoms with E-state index in [0.717, 1.165) is 5.56 Å². The van der Waals surface area contributed by atoms with Gasteiger partial charge in [-0.1, -0.05) is 12.1 Å². The Kier molecular flexibility index (Phi) is 4.29. The lowest BCUT2D eigenvalue weighted by molar-refractivity contribution is 0.0999. The van der Waals surface area contributed by atoms with Crippen molar-refractivity contribution in [3.63, 3.8) is 0 Å². The van der Waals surface area contributed by atoms with Crippen LogP contribution in [-0.4, -0.2) is 26.0 Å². The van der Waals surface area contributed by atoms with Crippen LogP contribution >= 0.6 is 0 Å². The van der Waals surface area contributed by atoms with Crippen LogP contribution in [0.5, 0.6) is 0 Å². The molecule has 0 aliphatic heterocycles. The number of benzene rings is 1. The van der Waals surface area contributed by atoms with E-state index in [1.807, 2.05) is 6.92 Å². The smallest absolute Gasteiger partial charge is 0.263 e. The topological polar surface area (TPSA) is 146 Å². The molecule has 128 valence electrons. The Hall–Kier alpha value is -3.49. The third kappa shape index (κ3) is 3.39. The Bertz CT molecular complexity index is 936. The van der Waals surface area contributed by atoms with Gasteiger partial charge in [0.05, 0.1) is 0 Å². The molecule has 9 heteroatoms. The maximum absolute atomic E-state index is 11.3. The number of carbonyl (C=O) groups excluding carboxylic acids is 1. The fourth-order valence-corrected chi connectivity index (χ4v) is 2.27. The van der Waals surface area contributed by atoms with Crippen LogP contribution in [0.1, 0.15) is 28.7 Å². The molecule has 0 radical (unpaired) electrons. The van der Waals surface area contributed by atoms with Crippen molar-refractivity contribution in [1.82, 2.24) is 20.1 Å². The van der Waals surface area contributed by atoms with Gasteiger partial charge in [-0.2, -0.15) is 9.97 Å². The maximum Gasteiger partial charge on any atom is 0.263 e. The summed E-state index contributed by atoms with van der Waals surface area (Å²) in [6, 6.07) is 5.13. The molecule has 2 aromatic heterocycles. The highest BCUT2D eigenvalue weighted by Gasteiger charge is 2.14. The van der Waals surface area contributed by atoms with Crippen molar-refractivity contribution in [2.75, 3.05) is 11.1 Å². The zero-order chi connectivity index (χ0) is 18.0. The van der Waals surface area contributed by atoms with E-state index in [0.29, 0.717) is 35.0 Å². The predicted octanol–water partition coefficient (Wildman–Crippen LogP) is 1.82. The number of nitrogen functional groups attached to an aromatic ring is 1. The quantitative estimate of drug-likeness (QED) is 0.638. The summed E-state index contributed by atoms with van der Waals surface area (Å²) in [5, 5.41) is 6.85. The van der Waals surface area contributed by atoms with E-state index in [1.165, 1.54) is 6.20 Å². The first-order chi connectivity index (χ1) is 12.0. The molecule has 5 N–H and O–H groups in total. The predicted molar refractivity (Wildman–Crippen MR) is 92.1 cm³/mol. The van der Waals surface area contributed by atoms with E-state index < -0.39 is 5.91 Å². The summed E-state index contributed by atoms with van der Waals surface area (Å²) in [7, 11) is 0. The molecule has 25 heavy (non-hydrogen) atoms. The summed E-state index contributed by atoms with van der Waals surface area (Å²) in [5.41, 5.74) is 13.7. The maximum atomic E-state index is 11.3. The lowest BCUT2D eigenvalue weighted by atomic mass is 10.1. The highest BCUT2D eigenvalue weighted by atomic mass is 16.5. The lowest BCUT2D eigenvalue weighted by Crippen LogP contribution is -2.12. The normalized spacial score (nSPS) is 10.6. The van der Waals surface area contributed by atoms with E-state index in [-0.39, 0.29) is 11.7 Å². The van der Waals surface area contributed by atoms with Gasteiger partial charge in [0.25, 0.3) is 5.89 Å². The van der Waals surface area contributed by atoms with Crippen LogP contribution in [0.3, 0.4) is 0 Å². The number of primary amides is 1. The molecule has 1 amide bonds. The first-order valence-electron chi connectivity index (χ1n) is 7.61. The van der Waals surface area contributed by atoms with Crippen molar-refractivity contribution in [3.8, 4) is 11.5 Å². The average molecular weight is 339 g/mol. The fraction of sp³-hybridized carbons (Fsp3) is 0.188. The van der Waals surface area contributed by atoms with Crippen molar-refractivity contribution >= 4 is 23.4 Å². The third-order valence-electron chi connectivity index (χ3n) is 3.58. The molecule has 0 aliphatic rings. The van der Waals surface area contributed by atoms with E-state index >= 15 is 0 Å². The molecular weight excluding hydrogens is 322 g/mol. The molecule has 0 atom stereocenters. The van der Waals surface area contributed by atoms with Crippen molar-refractivity contribution in [2.24, 2.45) is 5.73 Å². The van der Waals surface area contributed by atoms with Gasteiger partial charge in [0.2, 0.25) is 11.9 Å². The molecule has 3 rings (SSSR count). The van der Waals surface area contributed by atoms with Gasteiger partial charge in [-0.15, -0.1) is 0 Å². The number of rotatable bonds is 5. The van der Waals surface area contributed by atoms with Gasteiger partial charge in [0.15, 0.2) is 5.82 Å². The number of nitrogens with zero attached hydrogens (tertiary/aromatic N) is 4. The molecular formula is C16H17N7O2. The minimum absolute atomic E-state index is 0.217. The molecule has 0 saturated heterocycles. The molecule has 0 saturated carbocycles. The standard InChI is InChI=1S/C16H17N7O2/c1-3-12-21-15(25-23-12)11-7-19-16(22-13(11)17)20-9-4-5-10(14(18)24)8(2)6-9/h4-7H,3H2,1-2H3,(H2,18,24)(H3,17,19,20,22). The first-order valence-corrected chi connectivity index (χ1v) is 7.61. The summed E-state index contributed by atoms with van der Waals surface area (Å²) in [4.78, 5) is 23.9. The third-order valence-corrected chi connectivity index (χ3v) is 3.58. The van der Waals surface area contributed by atoms with Crippen molar-refractivity contribution < 1.29 is 9.32 Å². The van der Waals surface area contributed by atoms with Crippen LogP contribution in [0.2, 0.25) is 0 Å². The van der Waals surface area contributed by atoms with E-state index in [2.05, 4.69) is 25.4 Å². The number of anilines is 3. The zero-order valence-corrected chi connectivity index (χ0v) is 13.8. The molecule has 1 aromatic carbocycles. The van der Waals surface area contributed by atoms with Gasteiger partial charge in [0.1, 0.15) is 11.4 Å². The van der Waals surface area contributed by atoms with Crippen LogP contribution in [0.25, 0.3) is 11.5 Å². The molecule has 0 bridgehead atoms. The second-order valence-electron chi connectivity index (χ2n) is 5.38. The Balaban J connectivity index is 1.83. The molecule has 0 fully saturated rings. The number of hydrogen-bond donors (Lipinski definition) is 3. The highest BCUT2D eigenvalue weighted by Crippen LogP contribution is 2.24. The number of amides is 1. The minimum Gasteiger partial charge on any atom is -0.383 e. The number of nitrogens with two attached hydrogens (primary N) is 2. The SMILES string of the molecule is CCc1noc(-c2cnc(Nc3ccc(C(N)=O)c(C)c3)nc2N)n1. The number of hydrogen-bond acceptors (Lipinski definition) is 8. The molecule has 9 nitrogen and oxygen atoms in total. The fourth-order valence-electron chi connectivity index (χ4n) is 2.27. The molecule has 2 heterocycles. The van der Waals surface area contributed by atoms with Crippen LogP contribution < -0.4 is 16.8 Å². The lowest BCUT2D eigenvalue weighted by Gasteiger charge is -2.09. The summed E-state index contributed by atoms with van der Waals surface area (Å²) >= 11 is 0. The van der Waals surface area contributed by atoms with Crippen molar-refractivity contribution in [1.29, 1.82) is 0 Å². The number of carbonyl (C=O) groups is 1. The Labute approximate surface area is 143 Å². The van der Waals surface area contributed by atoms with Gasteiger partial charge in [0, 0.05) is 23.9 Å². The van der Waals surface area contributed by atoms with Crippen molar-refractivity contribution in [3.05, 3.63) is 41.3 Å². The van der Waals surface area contributed by atoms with Gasteiger partial charge in [-0.05, 0) is 30.7 Å². The Morgan fingerprint density at radius 3 is 2.72 bits per heavy atom. The Morgan fingerprint density at radius 1 is 1.32 bits per heavy atom.